The molecule has 6 heteroatoms. The molecule has 0 N–H and O–H groups in total. The van der Waals surface area contributed by atoms with E-state index in [1.54, 1.807) is 38.4 Å². The van der Waals surface area contributed by atoms with Gasteiger partial charge < -0.3 is 18.8 Å². The lowest BCUT2D eigenvalue weighted by Gasteiger charge is -2.20. The highest BCUT2D eigenvalue weighted by Crippen LogP contribution is 2.32. The minimum absolute atomic E-state index is 0.148. The predicted molar refractivity (Wildman–Crippen MR) is 127 cm³/mol. The number of carbonyl (C=O) groups excluding carboxylic acids is 1. The molecule has 0 aliphatic carbocycles. The molecule has 168 valence electrons. The summed E-state index contributed by atoms with van der Waals surface area (Å²) in [6.45, 7) is 2.39. The van der Waals surface area contributed by atoms with Gasteiger partial charge in [-0.05, 0) is 25.1 Å². The summed E-state index contributed by atoms with van der Waals surface area (Å²) in [5.74, 6) is 2.15. The number of para-hydroxylation sites is 1. The first-order valence-corrected chi connectivity index (χ1v) is 10.6. The summed E-state index contributed by atoms with van der Waals surface area (Å²) < 4.78 is 16.9. The van der Waals surface area contributed by atoms with Gasteiger partial charge in [0.2, 0.25) is 5.89 Å². The minimum atomic E-state index is -0.148. The normalized spacial score (nSPS) is 10.7. The number of ether oxygens (including phenoxy) is 2. The van der Waals surface area contributed by atoms with Gasteiger partial charge in [0, 0.05) is 30.3 Å². The maximum Gasteiger partial charge on any atom is 0.254 e. The fourth-order valence-corrected chi connectivity index (χ4v) is 3.72. The highest BCUT2D eigenvalue weighted by Gasteiger charge is 2.21. The standard InChI is InChI=1S/C27H26N2O4/c1-18-12-14-19(15-13-18)24-16-28-26(33-24)21-9-5-6-10-22(21)27(30)29(2)17-20-8-7-11-23(31-3)25(20)32-4/h5-16H,17H2,1-4H3. The van der Waals surface area contributed by atoms with Crippen molar-refractivity contribution in [1.82, 2.24) is 9.88 Å². The van der Waals surface area contributed by atoms with Crippen molar-refractivity contribution in [2.75, 3.05) is 21.3 Å². The quantitative estimate of drug-likeness (QED) is 0.372. The van der Waals surface area contributed by atoms with Crippen molar-refractivity contribution in [3.05, 3.63) is 89.6 Å². The summed E-state index contributed by atoms with van der Waals surface area (Å²) in [6, 6.07) is 21.0. The van der Waals surface area contributed by atoms with Crippen LogP contribution in [0.2, 0.25) is 0 Å². The van der Waals surface area contributed by atoms with E-state index in [4.69, 9.17) is 13.9 Å². The Hall–Kier alpha value is -4.06. The molecule has 0 aliphatic heterocycles. The van der Waals surface area contributed by atoms with Gasteiger partial charge >= 0.3 is 0 Å². The molecule has 1 aromatic heterocycles. The summed E-state index contributed by atoms with van der Waals surface area (Å²) in [7, 11) is 4.94. The van der Waals surface area contributed by atoms with E-state index < -0.39 is 0 Å². The molecule has 0 saturated heterocycles. The van der Waals surface area contributed by atoms with E-state index in [0.717, 1.165) is 11.1 Å². The lowest BCUT2D eigenvalue weighted by atomic mass is 10.1. The Morgan fingerprint density at radius 1 is 0.970 bits per heavy atom. The van der Waals surface area contributed by atoms with E-state index in [1.165, 1.54) is 5.56 Å². The maximum atomic E-state index is 13.4. The molecule has 1 heterocycles. The zero-order valence-corrected chi connectivity index (χ0v) is 19.2. The molecule has 0 radical (unpaired) electrons. The van der Waals surface area contributed by atoms with Crippen molar-refractivity contribution < 1.29 is 18.7 Å². The molecule has 33 heavy (non-hydrogen) atoms. The van der Waals surface area contributed by atoms with Crippen LogP contribution in [0.25, 0.3) is 22.8 Å². The highest BCUT2D eigenvalue weighted by atomic mass is 16.5. The second-order valence-corrected chi connectivity index (χ2v) is 7.76. The molecule has 0 bridgehead atoms. The van der Waals surface area contributed by atoms with Crippen LogP contribution in [0.15, 0.2) is 77.3 Å². The van der Waals surface area contributed by atoms with Gasteiger partial charge in [0.15, 0.2) is 17.3 Å². The van der Waals surface area contributed by atoms with Crippen molar-refractivity contribution in [2.24, 2.45) is 0 Å². The molecular formula is C27H26N2O4. The molecular weight excluding hydrogens is 416 g/mol. The van der Waals surface area contributed by atoms with Crippen LogP contribution in [0.5, 0.6) is 11.5 Å². The lowest BCUT2D eigenvalue weighted by Crippen LogP contribution is -2.27. The molecule has 0 unspecified atom stereocenters. The van der Waals surface area contributed by atoms with E-state index in [0.29, 0.717) is 40.8 Å². The zero-order valence-electron chi connectivity index (χ0n) is 19.2. The first-order chi connectivity index (χ1) is 16.0. The monoisotopic (exact) mass is 442 g/mol. The second kappa shape index (κ2) is 9.61. The third kappa shape index (κ3) is 4.60. The highest BCUT2D eigenvalue weighted by molar-refractivity contribution is 5.99. The van der Waals surface area contributed by atoms with E-state index >= 15 is 0 Å². The lowest BCUT2D eigenvalue weighted by molar-refractivity contribution is 0.0784. The second-order valence-electron chi connectivity index (χ2n) is 7.76. The predicted octanol–water partition coefficient (Wildman–Crippen LogP) is 5.61. The molecule has 6 nitrogen and oxygen atoms in total. The van der Waals surface area contributed by atoms with Gasteiger partial charge in [-0.3, -0.25) is 4.79 Å². The average molecular weight is 443 g/mol. The Kier molecular flexibility index (Phi) is 6.45. The van der Waals surface area contributed by atoms with Crippen LogP contribution in [-0.4, -0.2) is 37.1 Å². The molecule has 0 fully saturated rings. The van der Waals surface area contributed by atoms with Crippen molar-refractivity contribution in [3.63, 3.8) is 0 Å². The fraction of sp³-hybridized carbons (Fsp3) is 0.185. The number of methoxy groups -OCH3 is 2. The summed E-state index contributed by atoms with van der Waals surface area (Å²) in [6.07, 6.45) is 1.69. The molecule has 4 aromatic rings. The van der Waals surface area contributed by atoms with E-state index in [1.807, 2.05) is 67.6 Å². The van der Waals surface area contributed by atoms with Crippen LogP contribution < -0.4 is 9.47 Å². The van der Waals surface area contributed by atoms with Gasteiger partial charge in [0.1, 0.15) is 0 Å². The summed E-state index contributed by atoms with van der Waals surface area (Å²) in [4.78, 5) is 19.5. The van der Waals surface area contributed by atoms with Crippen LogP contribution in [0.4, 0.5) is 0 Å². The first kappa shape index (κ1) is 22.1. The summed E-state index contributed by atoms with van der Waals surface area (Å²) in [5.41, 5.74) is 4.11. The third-order valence-corrected chi connectivity index (χ3v) is 5.47. The number of nitrogens with zero attached hydrogens (tertiary/aromatic N) is 2. The number of rotatable bonds is 7. The molecule has 3 aromatic carbocycles. The maximum absolute atomic E-state index is 13.4. The molecule has 0 atom stereocenters. The number of benzene rings is 3. The van der Waals surface area contributed by atoms with Crippen LogP contribution in [0, 0.1) is 6.92 Å². The number of hydrogen-bond acceptors (Lipinski definition) is 5. The SMILES string of the molecule is COc1cccc(CN(C)C(=O)c2ccccc2-c2ncc(-c3ccc(C)cc3)o2)c1OC. The van der Waals surface area contributed by atoms with E-state index in [2.05, 4.69) is 4.98 Å². The summed E-state index contributed by atoms with van der Waals surface area (Å²) in [5, 5.41) is 0. The molecule has 0 spiro atoms. The summed E-state index contributed by atoms with van der Waals surface area (Å²) >= 11 is 0. The molecule has 0 saturated carbocycles. The van der Waals surface area contributed by atoms with Gasteiger partial charge in [-0.25, -0.2) is 4.98 Å². The van der Waals surface area contributed by atoms with Crippen molar-refractivity contribution in [1.29, 1.82) is 0 Å². The van der Waals surface area contributed by atoms with Crippen LogP contribution >= 0.6 is 0 Å². The van der Waals surface area contributed by atoms with Gasteiger partial charge in [-0.15, -0.1) is 0 Å². The van der Waals surface area contributed by atoms with Crippen LogP contribution in [0.3, 0.4) is 0 Å². The largest absolute Gasteiger partial charge is 0.493 e. The Balaban J connectivity index is 1.61. The first-order valence-electron chi connectivity index (χ1n) is 10.6. The van der Waals surface area contributed by atoms with Gasteiger partial charge in [-0.2, -0.15) is 0 Å². The Morgan fingerprint density at radius 2 is 1.73 bits per heavy atom. The number of aromatic nitrogens is 1. The third-order valence-electron chi connectivity index (χ3n) is 5.47. The van der Waals surface area contributed by atoms with E-state index in [9.17, 15) is 4.79 Å². The topological polar surface area (TPSA) is 64.8 Å². The van der Waals surface area contributed by atoms with Crippen LogP contribution in [-0.2, 0) is 6.54 Å². The number of oxazole rings is 1. The Labute approximate surface area is 193 Å². The van der Waals surface area contributed by atoms with Gasteiger partial charge in [0.05, 0.1) is 26.0 Å². The average Bonchev–Trinajstić information content (AvgIpc) is 3.34. The number of hydrogen-bond donors (Lipinski definition) is 0. The molecule has 1 amide bonds. The van der Waals surface area contributed by atoms with Crippen molar-refractivity contribution >= 4 is 5.91 Å². The van der Waals surface area contributed by atoms with Gasteiger partial charge in [-0.1, -0.05) is 54.1 Å². The van der Waals surface area contributed by atoms with Crippen molar-refractivity contribution in [3.8, 4) is 34.3 Å². The van der Waals surface area contributed by atoms with Gasteiger partial charge in [0.25, 0.3) is 5.91 Å². The molecule has 0 aliphatic rings. The number of amides is 1. The number of carbonyl (C=O) groups is 1. The molecule has 4 rings (SSSR count). The van der Waals surface area contributed by atoms with Crippen molar-refractivity contribution in [2.45, 2.75) is 13.5 Å². The van der Waals surface area contributed by atoms with E-state index in [-0.39, 0.29) is 5.91 Å². The smallest absolute Gasteiger partial charge is 0.254 e. The zero-order chi connectivity index (χ0) is 23.4. The van der Waals surface area contributed by atoms with Crippen LogP contribution in [0.1, 0.15) is 21.5 Å². The number of aryl methyl sites for hydroxylation is 1. The minimum Gasteiger partial charge on any atom is -0.493 e. The Morgan fingerprint density at radius 3 is 2.45 bits per heavy atom. The Bertz CT molecular complexity index is 1260. The fourth-order valence-electron chi connectivity index (χ4n) is 3.72.